The molecule has 0 radical (unpaired) electrons. The van der Waals surface area contributed by atoms with Crippen LogP contribution < -0.4 is 10.2 Å². The molecule has 2 aromatic heterocycles. The first-order chi connectivity index (χ1) is 11.8. The summed E-state index contributed by atoms with van der Waals surface area (Å²) in [6.45, 7) is 3.61. The van der Waals surface area contributed by atoms with E-state index in [2.05, 4.69) is 36.5 Å². The van der Waals surface area contributed by atoms with Gasteiger partial charge in [0.05, 0.1) is 5.39 Å². The molecule has 0 saturated carbocycles. The van der Waals surface area contributed by atoms with Gasteiger partial charge in [0.2, 0.25) is 5.91 Å². The van der Waals surface area contributed by atoms with Crippen molar-refractivity contribution in [3.63, 3.8) is 0 Å². The number of nitrogens with one attached hydrogen (secondary N) is 1. The molecule has 0 aromatic carbocycles. The molecule has 1 amide bonds. The summed E-state index contributed by atoms with van der Waals surface area (Å²) in [6.07, 6.45) is 4.36. The zero-order valence-electron chi connectivity index (χ0n) is 13.9. The van der Waals surface area contributed by atoms with Crippen molar-refractivity contribution in [1.29, 1.82) is 0 Å². The predicted molar refractivity (Wildman–Crippen MR) is 96.4 cm³/mol. The minimum Gasteiger partial charge on any atom is -0.356 e. The largest absolute Gasteiger partial charge is 0.356 e. The van der Waals surface area contributed by atoms with E-state index in [1.807, 2.05) is 7.05 Å². The number of aromatic nitrogens is 2. The van der Waals surface area contributed by atoms with Gasteiger partial charge in [-0.05, 0) is 37.3 Å². The van der Waals surface area contributed by atoms with E-state index in [4.69, 9.17) is 0 Å². The Morgan fingerprint density at radius 1 is 1.38 bits per heavy atom. The lowest BCUT2D eigenvalue weighted by atomic mass is 9.83. The monoisotopic (exact) mass is 345 g/mol. The number of amides is 1. The summed E-state index contributed by atoms with van der Waals surface area (Å²) >= 11 is 1.66. The third-order valence-electron chi connectivity index (χ3n) is 5.29. The lowest BCUT2D eigenvalue weighted by molar-refractivity contribution is -0.139. The van der Waals surface area contributed by atoms with Gasteiger partial charge in [-0.15, -0.1) is 11.3 Å². The molecule has 128 valence electrons. The molecule has 0 aliphatic carbocycles. The number of rotatable bonds is 4. The van der Waals surface area contributed by atoms with E-state index in [-0.39, 0.29) is 0 Å². The number of fused-ring (bicyclic) bond motifs is 2. The summed E-state index contributed by atoms with van der Waals surface area (Å²) in [5.41, 5.74) is 0. The van der Waals surface area contributed by atoms with Gasteiger partial charge in [-0.3, -0.25) is 4.79 Å². The van der Waals surface area contributed by atoms with E-state index in [1.54, 1.807) is 17.7 Å². The van der Waals surface area contributed by atoms with E-state index in [9.17, 15) is 4.79 Å². The summed E-state index contributed by atoms with van der Waals surface area (Å²) < 4.78 is 0. The highest BCUT2D eigenvalue weighted by atomic mass is 32.1. The van der Waals surface area contributed by atoms with Crippen molar-refractivity contribution in [2.45, 2.75) is 25.3 Å². The minimum atomic E-state index is 0.321. The molecule has 2 fully saturated rings. The molecule has 24 heavy (non-hydrogen) atoms. The van der Waals surface area contributed by atoms with Crippen LogP contribution in [-0.2, 0) is 4.79 Å². The second-order valence-electron chi connectivity index (χ2n) is 6.63. The highest BCUT2D eigenvalue weighted by molar-refractivity contribution is 7.16. The third-order valence-corrected chi connectivity index (χ3v) is 6.11. The molecule has 2 aliphatic heterocycles. The van der Waals surface area contributed by atoms with Crippen LogP contribution in [0.1, 0.15) is 19.3 Å². The van der Waals surface area contributed by atoms with Crippen LogP contribution in [0.4, 0.5) is 5.82 Å². The average Bonchev–Trinajstić information content (AvgIpc) is 3.09. The first kappa shape index (κ1) is 15.8. The van der Waals surface area contributed by atoms with Crippen molar-refractivity contribution in [3.05, 3.63) is 17.8 Å². The predicted octanol–water partition coefficient (Wildman–Crippen LogP) is 1.73. The lowest BCUT2D eigenvalue weighted by Crippen LogP contribution is -2.57. The molecule has 2 aliphatic rings. The van der Waals surface area contributed by atoms with Crippen LogP contribution in [0.25, 0.3) is 10.2 Å². The van der Waals surface area contributed by atoms with Crippen molar-refractivity contribution in [2.24, 2.45) is 5.92 Å². The number of hydrogen-bond acceptors (Lipinski definition) is 6. The van der Waals surface area contributed by atoms with E-state index in [0.717, 1.165) is 55.1 Å². The molecular formula is C17H23N5OS. The smallest absolute Gasteiger partial charge is 0.222 e. The number of carbonyl (C=O) groups is 1. The van der Waals surface area contributed by atoms with Gasteiger partial charge in [0.1, 0.15) is 17.0 Å². The van der Waals surface area contributed by atoms with E-state index in [0.29, 0.717) is 24.3 Å². The van der Waals surface area contributed by atoms with Crippen LogP contribution in [0.15, 0.2) is 17.8 Å². The van der Waals surface area contributed by atoms with Crippen LogP contribution >= 0.6 is 11.3 Å². The van der Waals surface area contributed by atoms with Crippen LogP contribution in [0, 0.1) is 5.92 Å². The molecule has 4 rings (SSSR count). The molecule has 7 heteroatoms. The van der Waals surface area contributed by atoms with Crippen molar-refractivity contribution in [2.75, 3.05) is 38.1 Å². The van der Waals surface area contributed by atoms with Gasteiger partial charge in [-0.2, -0.15) is 0 Å². The fourth-order valence-corrected chi connectivity index (χ4v) is 4.82. The van der Waals surface area contributed by atoms with Gasteiger partial charge in [-0.25, -0.2) is 9.97 Å². The van der Waals surface area contributed by atoms with Crippen LogP contribution in [-0.4, -0.2) is 60.0 Å². The van der Waals surface area contributed by atoms with Crippen LogP contribution in [0.5, 0.6) is 0 Å². The summed E-state index contributed by atoms with van der Waals surface area (Å²) in [6, 6.07) is 2.50. The highest BCUT2D eigenvalue weighted by Gasteiger charge is 2.39. The van der Waals surface area contributed by atoms with Crippen molar-refractivity contribution in [1.82, 2.24) is 20.2 Å². The molecule has 2 saturated heterocycles. The number of anilines is 1. The van der Waals surface area contributed by atoms with Gasteiger partial charge in [0.25, 0.3) is 0 Å². The van der Waals surface area contributed by atoms with E-state index in [1.165, 1.54) is 0 Å². The van der Waals surface area contributed by atoms with Gasteiger partial charge in [0, 0.05) is 38.6 Å². The number of hydrogen-bond donors (Lipinski definition) is 1. The maximum atomic E-state index is 12.3. The summed E-state index contributed by atoms with van der Waals surface area (Å²) in [4.78, 5) is 26.8. The van der Waals surface area contributed by atoms with Gasteiger partial charge in [0.15, 0.2) is 0 Å². The Morgan fingerprint density at radius 3 is 3.17 bits per heavy atom. The van der Waals surface area contributed by atoms with Crippen LogP contribution in [0.3, 0.4) is 0 Å². The number of carbonyl (C=O) groups excluding carboxylic acids is 1. The van der Waals surface area contributed by atoms with Crippen molar-refractivity contribution >= 4 is 33.3 Å². The standard InChI is InChI=1S/C17H23N5OS/c1-18-6-8-22-14-4-7-21(10-12(14)2-3-15(22)23)16-13-5-9-24-17(13)20-11-19-16/h5,9,11-12,14,18H,2-4,6-8,10H2,1H3/t12-,14+/m0/s1. The quantitative estimate of drug-likeness (QED) is 0.914. The number of thiophene rings is 1. The Labute approximate surface area is 145 Å². The Balaban J connectivity index is 1.54. The van der Waals surface area contributed by atoms with E-state index < -0.39 is 0 Å². The van der Waals surface area contributed by atoms with Gasteiger partial charge < -0.3 is 15.1 Å². The minimum absolute atomic E-state index is 0.321. The Hall–Kier alpha value is -1.73. The molecule has 1 N–H and O–H groups in total. The molecule has 2 aromatic rings. The first-order valence-electron chi connectivity index (χ1n) is 8.65. The number of likely N-dealkylation sites (tertiary alicyclic amines) is 1. The normalized spacial score (nSPS) is 24.5. The molecule has 0 unspecified atom stereocenters. The van der Waals surface area contributed by atoms with Crippen molar-refractivity contribution in [3.8, 4) is 0 Å². The van der Waals surface area contributed by atoms with E-state index >= 15 is 0 Å². The van der Waals surface area contributed by atoms with Gasteiger partial charge >= 0.3 is 0 Å². The Morgan fingerprint density at radius 2 is 2.29 bits per heavy atom. The number of nitrogens with zero attached hydrogens (tertiary/aromatic N) is 4. The Bertz CT molecular complexity index is 733. The van der Waals surface area contributed by atoms with Crippen LogP contribution in [0.2, 0.25) is 0 Å². The molecule has 2 atom stereocenters. The second-order valence-corrected chi connectivity index (χ2v) is 7.52. The zero-order valence-corrected chi connectivity index (χ0v) is 14.8. The van der Waals surface area contributed by atoms with Crippen molar-refractivity contribution < 1.29 is 4.79 Å². The molecule has 6 nitrogen and oxygen atoms in total. The number of likely N-dealkylation sites (N-methyl/N-ethyl adjacent to an activating group) is 1. The number of piperidine rings is 2. The lowest BCUT2D eigenvalue weighted by Gasteiger charge is -2.47. The fraction of sp³-hybridized carbons (Fsp3) is 0.588. The fourth-order valence-electron chi connectivity index (χ4n) is 4.10. The van der Waals surface area contributed by atoms with Gasteiger partial charge in [-0.1, -0.05) is 0 Å². The zero-order chi connectivity index (χ0) is 16.5. The Kier molecular flexibility index (Phi) is 4.37. The first-order valence-corrected chi connectivity index (χ1v) is 9.53. The summed E-state index contributed by atoms with van der Waals surface area (Å²) in [7, 11) is 1.94. The highest BCUT2D eigenvalue weighted by Crippen LogP contribution is 2.35. The average molecular weight is 345 g/mol. The summed E-state index contributed by atoms with van der Waals surface area (Å²) in [5.74, 6) is 1.91. The molecule has 0 bridgehead atoms. The molecule has 4 heterocycles. The topological polar surface area (TPSA) is 61.4 Å². The molecular weight excluding hydrogens is 322 g/mol. The third kappa shape index (κ3) is 2.75. The second kappa shape index (κ2) is 6.64. The SMILES string of the molecule is CNCCN1C(=O)CC[C@H]2CN(c3ncnc4sccc34)CC[C@H]21. The molecule has 0 spiro atoms. The maximum Gasteiger partial charge on any atom is 0.222 e. The summed E-state index contributed by atoms with van der Waals surface area (Å²) in [5, 5.41) is 6.39. The maximum absolute atomic E-state index is 12.3.